The molecule has 0 saturated heterocycles. The lowest BCUT2D eigenvalue weighted by molar-refractivity contribution is 0.188. The van der Waals surface area contributed by atoms with E-state index >= 15 is 0 Å². The molecule has 0 aliphatic carbocycles. The molecule has 0 aliphatic heterocycles. The molecule has 0 bridgehead atoms. The van der Waals surface area contributed by atoms with Crippen LogP contribution >= 0.6 is 0 Å². The van der Waals surface area contributed by atoms with Crippen LogP contribution in [0.4, 0.5) is 0 Å². The fraction of sp³-hybridized carbons (Fsp3) is 1.00. The summed E-state index contributed by atoms with van der Waals surface area (Å²) in [7, 11) is -1.90. The second-order valence-electron chi connectivity index (χ2n) is 4.06. The largest absolute Gasteiger partial charge is 0.395 e. The molecule has 0 aliphatic rings. The molecular weight excluding hydrogens is 234 g/mol. The van der Waals surface area contributed by atoms with E-state index in [1.54, 1.807) is 0 Å². The summed E-state index contributed by atoms with van der Waals surface area (Å²) in [5.41, 5.74) is 5.33. The van der Waals surface area contributed by atoms with Crippen LogP contribution in [0.1, 0.15) is 20.3 Å². The number of hydrogen-bond acceptors (Lipinski definition) is 5. The number of rotatable bonds is 12. The lowest BCUT2D eigenvalue weighted by atomic mass is 10.4. The van der Waals surface area contributed by atoms with Gasteiger partial charge in [-0.25, -0.2) is 0 Å². The van der Waals surface area contributed by atoms with Crippen molar-refractivity contribution in [2.75, 3.05) is 39.5 Å². The highest BCUT2D eigenvalue weighted by Gasteiger charge is 2.29. The lowest BCUT2D eigenvalue weighted by Crippen LogP contribution is -2.39. The zero-order chi connectivity index (χ0) is 13.0. The van der Waals surface area contributed by atoms with Crippen LogP contribution in [-0.4, -0.2) is 48.1 Å². The zero-order valence-electron chi connectivity index (χ0n) is 11.6. The van der Waals surface area contributed by atoms with E-state index in [-0.39, 0.29) is 0 Å². The molecule has 0 aromatic heterocycles. The maximum Gasteiger partial charge on any atom is 0.334 e. The maximum atomic E-state index is 5.78. The number of nitrogens with one attached hydrogen (secondary N) is 2. The normalized spacial score (nSPS) is 12.0. The van der Waals surface area contributed by atoms with Gasteiger partial charge in [0.2, 0.25) is 0 Å². The topological polar surface area (TPSA) is 68.5 Å². The Balaban J connectivity index is 3.54. The predicted molar refractivity (Wildman–Crippen MR) is 74.2 cm³/mol. The van der Waals surface area contributed by atoms with Gasteiger partial charge < -0.3 is 25.2 Å². The first-order valence-electron chi connectivity index (χ1n) is 6.58. The fourth-order valence-corrected chi connectivity index (χ4v) is 4.15. The summed E-state index contributed by atoms with van der Waals surface area (Å²) in [6, 6.07) is 1.05. The molecule has 0 fully saturated rings. The molecule has 17 heavy (non-hydrogen) atoms. The van der Waals surface area contributed by atoms with Crippen molar-refractivity contribution in [3.05, 3.63) is 0 Å². The maximum absolute atomic E-state index is 5.78. The van der Waals surface area contributed by atoms with Crippen LogP contribution in [0.5, 0.6) is 0 Å². The van der Waals surface area contributed by atoms with Gasteiger partial charge in [0.1, 0.15) is 0 Å². The van der Waals surface area contributed by atoms with Crippen molar-refractivity contribution < 1.29 is 8.85 Å². The van der Waals surface area contributed by atoms with Crippen molar-refractivity contribution in [3.63, 3.8) is 0 Å². The van der Waals surface area contributed by atoms with Crippen molar-refractivity contribution in [2.24, 2.45) is 5.73 Å². The van der Waals surface area contributed by atoms with E-state index in [0.717, 1.165) is 45.3 Å². The third-order valence-corrected chi connectivity index (χ3v) is 5.57. The van der Waals surface area contributed by atoms with Crippen LogP contribution < -0.4 is 16.4 Å². The van der Waals surface area contributed by atoms with Gasteiger partial charge in [0.25, 0.3) is 0 Å². The minimum atomic E-state index is -1.90. The zero-order valence-corrected chi connectivity index (χ0v) is 12.6. The Hall–Kier alpha value is 0.0169. The van der Waals surface area contributed by atoms with Crippen molar-refractivity contribution in [1.29, 1.82) is 0 Å². The monoisotopic (exact) mass is 263 g/mol. The lowest BCUT2D eigenvalue weighted by Gasteiger charge is -2.25. The Morgan fingerprint density at radius 1 is 1.00 bits per heavy atom. The van der Waals surface area contributed by atoms with Crippen LogP contribution in [0.2, 0.25) is 12.6 Å². The van der Waals surface area contributed by atoms with Gasteiger partial charge in [-0.15, -0.1) is 0 Å². The van der Waals surface area contributed by atoms with Crippen LogP contribution in [0.15, 0.2) is 0 Å². The van der Waals surface area contributed by atoms with Crippen molar-refractivity contribution in [2.45, 2.75) is 32.9 Å². The number of nitrogens with two attached hydrogens (primary N) is 1. The van der Waals surface area contributed by atoms with E-state index < -0.39 is 8.56 Å². The minimum Gasteiger partial charge on any atom is -0.395 e. The van der Waals surface area contributed by atoms with Gasteiger partial charge in [-0.05, 0) is 39.4 Å². The van der Waals surface area contributed by atoms with Gasteiger partial charge >= 0.3 is 8.56 Å². The first-order valence-corrected chi connectivity index (χ1v) is 9.10. The predicted octanol–water partition coefficient (Wildman–Crippen LogP) is 0.617. The highest BCUT2D eigenvalue weighted by molar-refractivity contribution is 6.66. The Kier molecular flexibility index (Phi) is 11.1. The Morgan fingerprint density at radius 2 is 1.59 bits per heavy atom. The van der Waals surface area contributed by atoms with Gasteiger partial charge in [0.05, 0.1) is 0 Å². The van der Waals surface area contributed by atoms with E-state index in [9.17, 15) is 0 Å². The third kappa shape index (κ3) is 9.69. The smallest absolute Gasteiger partial charge is 0.334 e. The average Bonchev–Trinajstić information content (AvgIpc) is 2.28. The van der Waals surface area contributed by atoms with E-state index in [1.165, 1.54) is 0 Å². The summed E-state index contributed by atoms with van der Waals surface area (Å²) in [5, 5.41) is 6.44. The molecule has 0 heterocycles. The van der Waals surface area contributed by atoms with Crippen molar-refractivity contribution >= 4 is 8.56 Å². The summed E-state index contributed by atoms with van der Waals surface area (Å²) in [4.78, 5) is 0. The van der Waals surface area contributed by atoms with E-state index in [1.807, 2.05) is 13.8 Å². The molecule has 5 nitrogen and oxygen atoms in total. The Labute approximate surface area is 107 Å². The average molecular weight is 263 g/mol. The summed E-state index contributed by atoms with van der Waals surface area (Å²) in [6.07, 6.45) is 1.10. The molecule has 4 N–H and O–H groups in total. The van der Waals surface area contributed by atoms with Crippen molar-refractivity contribution in [1.82, 2.24) is 10.6 Å². The summed E-state index contributed by atoms with van der Waals surface area (Å²) in [6.45, 7) is 11.1. The first-order chi connectivity index (χ1) is 8.18. The molecule has 0 radical (unpaired) electrons. The van der Waals surface area contributed by atoms with Crippen LogP contribution in [-0.2, 0) is 8.85 Å². The molecular formula is C11H29N3O2Si. The second kappa shape index (κ2) is 11.1. The summed E-state index contributed by atoms with van der Waals surface area (Å²) in [5.74, 6) is 0. The Bertz CT molecular complexity index is 167. The minimum absolute atomic E-state index is 0.543. The van der Waals surface area contributed by atoms with Crippen molar-refractivity contribution in [3.8, 4) is 0 Å². The van der Waals surface area contributed by atoms with Crippen LogP contribution in [0.3, 0.4) is 0 Å². The summed E-state index contributed by atoms with van der Waals surface area (Å²) >= 11 is 0. The Morgan fingerprint density at radius 3 is 2.12 bits per heavy atom. The van der Waals surface area contributed by atoms with Gasteiger partial charge in [-0.2, -0.15) is 0 Å². The molecule has 0 atom stereocenters. The first kappa shape index (κ1) is 17.0. The van der Waals surface area contributed by atoms with Crippen LogP contribution in [0.25, 0.3) is 0 Å². The molecule has 0 saturated carbocycles. The van der Waals surface area contributed by atoms with Gasteiger partial charge in [-0.1, -0.05) is 0 Å². The van der Waals surface area contributed by atoms with E-state index in [2.05, 4.69) is 17.2 Å². The molecule has 0 aromatic carbocycles. The molecule has 0 unspecified atom stereocenters. The van der Waals surface area contributed by atoms with E-state index in [4.69, 9.17) is 14.6 Å². The molecule has 6 heteroatoms. The molecule has 0 rings (SSSR count). The second-order valence-corrected chi connectivity index (χ2v) is 7.40. The van der Waals surface area contributed by atoms with Gasteiger partial charge in [0.15, 0.2) is 0 Å². The summed E-state index contributed by atoms with van der Waals surface area (Å²) < 4.78 is 11.6. The molecule has 0 spiro atoms. The molecule has 0 aromatic rings. The van der Waals surface area contributed by atoms with E-state index in [0.29, 0.717) is 6.67 Å². The third-order valence-electron chi connectivity index (χ3n) is 2.51. The molecule has 104 valence electrons. The standard InChI is InChI=1S/C11H29N3O2Si/c1-4-15-17(3,16-5-2)10-6-7-13-8-9-14-11-12/h13-14H,4-12H2,1-3H3. The molecule has 0 amide bonds. The highest BCUT2D eigenvalue weighted by atomic mass is 28.4. The number of hydrogen-bond donors (Lipinski definition) is 3. The highest BCUT2D eigenvalue weighted by Crippen LogP contribution is 2.15. The SMILES string of the molecule is CCO[Si](C)(CCCNCCNCN)OCC. The fourth-order valence-electron chi connectivity index (χ4n) is 1.73. The quantitative estimate of drug-likeness (QED) is 0.274. The van der Waals surface area contributed by atoms with Crippen LogP contribution in [0, 0.1) is 0 Å². The van der Waals surface area contributed by atoms with Gasteiger partial charge in [0, 0.05) is 33.0 Å². The van der Waals surface area contributed by atoms with Gasteiger partial charge in [-0.3, -0.25) is 0 Å².